The molecule has 0 spiro atoms. The Morgan fingerprint density at radius 2 is 1.81 bits per heavy atom. The lowest BCUT2D eigenvalue weighted by atomic mass is 10.0. The van der Waals surface area contributed by atoms with Gasteiger partial charge in [0.15, 0.2) is 5.11 Å². The minimum absolute atomic E-state index is 0.114. The van der Waals surface area contributed by atoms with Crippen LogP contribution in [0.15, 0.2) is 54.6 Å². The molecule has 1 aromatic heterocycles. The van der Waals surface area contributed by atoms with E-state index >= 15 is 0 Å². The number of hydrogen-bond donors (Lipinski definition) is 2. The molecule has 0 radical (unpaired) electrons. The van der Waals surface area contributed by atoms with Gasteiger partial charge in [0.05, 0.1) is 28.5 Å². The number of methoxy groups -OCH3 is 1. The summed E-state index contributed by atoms with van der Waals surface area (Å²) in [7, 11) is 1.44. The van der Waals surface area contributed by atoms with Crippen LogP contribution in [0.1, 0.15) is 11.3 Å². The van der Waals surface area contributed by atoms with Crippen LogP contribution in [0, 0.1) is 0 Å². The molecule has 0 amide bonds. The van der Waals surface area contributed by atoms with Crippen LogP contribution in [0.25, 0.3) is 11.3 Å². The number of hydrogen-bond acceptors (Lipinski definition) is 3. The number of nitrogens with one attached hydrogen (secondary N) is 2. The Morgan fingerprint density at radius 3 is 2.52 bits per heavy atom. The van der Waals surface area contributed by atoms with E-state index in [9.17, 15) is 13.2 Å². The highest BCUT2D eigenvalue weighted by Gasteiger charge is 2.33. The van der Waals surface area contributed by atoms with E-state index < -0.39 is 11.9 Å². The van der Waals surface area contributed by atoms with Crippen molar-refractivity contribution in [1.82, 2.24) is 10.3 Å². The van der Waals surface area contributed by atoms with E-state index in [-0.39, 0.29) is 17.4 Å². The second-order valence-corrected chi connectivity index (χ2v) is 7.50. The molecule has 0 fully saturated rings. The fourth-order valence-corrected chi connectivity index (χ4v) is 3.33. The quantitative estimate of drug-likeness (QED) is 0.400. The van der Waals surface area contributed by atoms with Gasteiger partial charge in [-0.15, -0.1) is 0 Å². The first-order valence-corrected chi connectivity index (χ1v) is 10.1. The van der Waals surface area contributed by atoms with Crippen molar-refractivity contribution < 1.29 is 17.9 Å². The Bertz CT molecular complexity index is 1110. The molecule has 0 saturated carbocycles. The SMILES string of the molecule is COc1ccccc1-c1nc(C(F)(F)F)ccc1CNC(=S)Nc1cccc(Cl)c1Cl. The molecule has 0 saturated heterocycles. The summed E-state index contributed by atoms with van der Waals surface area (Å²) in [5, 5.41) is 6.76. The number of alkyl halides is 3. The van der Waals surface area contributed by atoms with Gasteiger partial charge in [-0.2, -0.15) is 13.2 Å². The molecule has 31 heavy (non-hydrogen) atoms. The number of para-hydroxylation sites is 1. The van der Waals surface area contributed by atoms with E-state index in [2.05, 4.69) is 15.6 Å². The first kappa shape index (κ1) is 23.1. The van der Waals surface area contributed by atoms with Crippen molar-refractivity contribution in [3.63, 3.8) is 0 Å². The van der Waals surface area contributed by atoms with Crippen molar-refractivity contribution in [2.45, 2.75) is 12.7 Å². The van der Waals surface area contributed by atoms with Crippen LogP contribution >= 0.6 is 35.4 Å². The third-order valence-electron chi connectivity index (χ3n) is 4.27. The first-order valence-electron chi connectivity index (χ1n) is 8.90. The van der Waals surface area contributed by atoms with Crippen LogP contribution in [0.4, 0.5) is 18.9 Å². The molecule has 3 rings (SSSR count). The van der Waals surface area contributed by atoms with Gasteiger partial charge in [-0.05, 0) is 48.1 Å². The van der Waals surface area contributed by atoms with Gasteiger partial charge in [-0.3, -0.25) is 0 Å². The highest BCUT2D eigenvalue weighted by Crippen LogP contribution is 2.35. The number of thiocarbonyl (C=S) groups is 1. The number of benzene rings is 2. The normalized spacial score (nSPS) is 11.2. The molecule has 0 unspecified atom stereocenters. The van der Waals surface area contributed by atoms with E-state index in [1.165, 1.54) is 13.2 Å². The summed E-state index contributed by atoms with van der Waals surface area (Å²) in [6, 6.07) is 14.1. The average molecular weight is 486 g/mol. The molecule has 3 aromatic rings. The summed E-state index contributed by atoms with van der Waals surface area (Å²) in [6.45, 7) is 0.114. The molecule has 162 valence electrons. The highest BCUT2D eigenvalue weighted by molar-refractivity contribution is 7.80. The summed E-state index contributed by atoms with van der Waals surface area (Å²) in [6.07, 6.45) is -4.58. The van der Waals surface area contributed by atoms with Crippen LogP contribution in [0.2, 0.25) is 10.0 Å². The van der Waals surface area contributed by atoms with Gasteiger partial charge < -0.3 is 15.4 Å². The zero-order chi connectivity index (χ0) is 22.6. The van der Waals surface area contributed by atoms with Crippen LogP contribution < -0.4 is 15.4 Å². The van der Waals surface area contributed by atoms with Crippen molar-refractivity contribution >= 4 is 46.2 Å². The van der Waals surface area contributed by atoms with Gasteiger partial charge in [0, 0.05) is 12.1 Å². The molecule has 1 heterocycles. The van der Waals surface area contributed by atoms with Gasteiger partial charge in [-0.1, -0.05) is 47.5 Å². The van der Waals surface area contributed by atoms with Gasteiger partial charge in [-0.25, -0.2) is 4.98 Å². The van der Waals surface area contributed by atoms with E-state index in [0.717, 1.165) is 6.07 Å². The standard InChI is InChI=1S/C21H16Cl2F3N3OS/c1-30-16-8-3-2-5-13(16)19-12(9-10-17(29-19)21(24,25)26)11-27-20(31)28-15-7-4-6-14(22)18(15)23/h2-10H,11H2,1H3,(H2,27,28,31). The lowest BCUT2D eigenvalue weighted by Crippen LogP contribution is -2.28. The zero-order valence-electron chi connectivity index (χ0n) is 16.1. The summed E-state index contributed by atoms with van der Waals surface area (Å²) >= 11 is 17.4. The van der Waals surface area contributed by atoms with Crippen molar-refractivity contribution in [3.8, 4) is 17.0 Å². The Balaban J connectivity index is 1.88. The third-order valence-corrected chi connectivity index (χ3v) is 5.34. The summed E-state index contributed by atoms with van der Waals surface area (Å²) in [5.41, 5.74) is 0.581. The Kier molecular flexibility index (Phi) is 7.25. The summed E-state index contributed by atoms with van der Waals surface area (Å²) < 4.78 is 45.1. The molecule has 0 aliphatic heterocycles. The third kappa shape index (κ3) is 5.58. The van der Waals surface area contributed by atoms with Crippen LogP contribution in [0.3, 0.4) is 0 Å². The van der Waals surface area contributed by atoms with Crippen LogP contribution in [-0.2, 0) is 12.7 Å². The number of aromatic nitrogens is 1. The van der Waals surface area contributed by atoms with Crippen LogP contribution in [0.5, 0.6) is 5.75 Å². The molecule has 0 aliphatic carbocycles. The lowest BCUT2D eigenvalue weighted by Gasteiger charge is -2.17. The van der Waals surface area contributed by atoms with Crippen molar-refractivity contribution in [1.29, 1.82) is 0 Å². The Labute approximate surface area is 192 Å². The van der Waals surface area contributed by atoms with Crippen LogP contribution in [-0.4, -0.2) is 17.2 Å². The summed E-state index contributed by atoms with van der Waals surface area (Å²) in [4.78, 5) is 3.86. The summed E-state index contributed by atoms with van der Waals surface area (Å²) in [5.74, 6) is 0.405. The Morgan fingerprint density at radius 1 is 1.06 bits per heavy atom. The molecule has 2 N–H and O–H groups in total. The fraction of sp³-hybridized carbons (Fsp3) is 0.143. The van der Waals surface area contributed by atoms with Crippen molar-refractivity contribution in [2.24, 2.45) is 0 Å². The predicted octanol–water partition coefficient (Wildman–Crippen LogP) is 6.57. The lowest BCUT2D eigenvalue weighted by molar-refractivity contribution is -0.141. The Hall–Kier alpha value is -2.55. The fourth-order valence-electron chi connectivity index (χ4n) is 2.80. The topological polar surface area (TPSA) is 46.2 Å². The van der Waals surface area contributed by atoms with E-state index in [0.29, 0.717) is 32.6 Å². The minimum Gasteiger partial charge on any atom is -0.496 e. The average Bonchev–Trinajstić information content (AvgIpc) is 2.74. The highest BCUT2D eigenvalue weighted by atomic mass is 35.5. The number of ether oxygens (including phenoxy) is 1. The second-order valence-electron chi connectivity index (χ2n) is 6.31. The molecule has 0 aliphatic rings. The number of nitrogens with zero attached hydrogens (tertiary/aromatic N) is 1. The molecule has 10 heteroatoms. The molecule has 4 nitrogen and oxygen atoms in total. The smallest absolute Gasteiger partial charge is 0.433 e. The minimum atomic E-state index is -4.58. The van der Waals surface area contributed by atoms with E-state index in [4.69, 9.17) is 40.2 Å². The molecular formula is C21H16Cl2F3N3OS. The molecular weight excluding hydrogens is 470 g/mol. The number of rotatable bonds is 5. The molecule has 0 atom stereocenters. The van der Waals surface area contributed by atoms with Crippen molar-refractivity contribution in [3.05, 3.63) is 75.9 Å². The second kappa shape index (κ2) is 9.72. The van der Waals surface area contributed by atoms with Gasteiger partial charge in [0.25, 0.3) is 0 Å². The molecule has 2 aromatic carbocycles. The first-order chi connectivity index (χ1) is 14.7. The monoisotopic (exact) mass is 485 g/mol. The maximum absolute atomic E-state index is 13.3. The number of pyridine rings is 1. The number of halogens is 5. The van der Waals surface area contributed by atoms with Gasteiger partial charge >= 0.3 is 6.18 Å². The van der Waals surface area contributed by atoms with E-state index in [1.807, 2.05) is 0 Å². The maximum Gasteiger partial charge on any atom is 0.433 e. The zero-order valence-corrected chi connectivity index (χ0v) is 18.4. The van der Waals surface area contributed by atoms with Gasteiger partial charge in [0.1, 0.15) is 11.4 Å². The van der Waals surface area contributed by atoms with Gasteiger partial charge in [0.2, 0.25) is 0 Å². The molecule has 0 bridgehead atoms. The maximum atomic E-state index is 13.3. The number of anilines is 1. The van der Waals surface area contributed by atoms with E-state index in [1.54, 1.807) is 42.5 Å². The van der Waals surface area contributed by atoms with Crippen molar-refractivity contribution in [2.75, 3.05) is 12.4 Å². The largest absolute Gasteiger partial charge is 0.496 e. The predicted molar refractivity (Wildman–Crippen MR) is 121 cm³/mol.